The number of benzene rings is 1. The molecule has 4 heteroatoms. The van der Waals surface area contributed by atoms with Gasteiger partial charge in [-0.05, 0) is 0 Å². The summed E-state index contributed by atoms with van der Waals surface area (Å²) in [6.07, 6.45) is 2.87. The second kappa shape index (κ2) is 8.32. The van der Waals surface area contributed by atoms with Gasteiger partial charge in [0, 0.05) is 0 Å². The van der Waals surface area contributed by atoms with Gasteiger partial charge in [-0.3, -0.25) is 0 Å². The molecule has 1 aliphatic rings. The topological polar surface area (TPSA) is 29.5 Å². The van der Waals surface area contributed by atoms with Crippen LogP contribution in [0.2, 0.25) is 22.9 Å². The third kappa shape index (κ3) is 5.33. The summed E-state index contributed by atoms with van der Waals surface area (Å²) in [5, 5.41) is 11.8. The molecule has 0 aromatic heterocycles. The van der Waals surface area contributed by atoms with Crippen LogP contribution in [0, 0.1) is 5.92 Å². The van der Waals surface area contributed by atoms with Crippen molar-refractivity contribution < 1.29 is 9.53 Å². The van der Waals surface area contributed by atoms with Gasteiger partial charge in [-0.2, -0.15) is 0 Å². The van der Waals surface area contributed by atoms with Crippen LogP contribution < -0.4 is 4.46 Å². The van der Waals surface area contributed by atoms with Crippen molar-refractivity contribution in [1.29, 1.82) is 0 Å². The summed E-state index contributed by atoms with van der Waals surface area (Å²) >= 11 is 0.237. The molecular weight excluding hydrogens is 403 g/mol. The number of hydrogen-bond donors (Lipinski definition) is 1. The van der Waals surface area contributed by atoms with E-state index >= 15 is 0 Å². The monoisotopic (exact) mass is 440 g/mol. The van der Waals surface area contributed by atoms with Crippen molar-refractivity contribution in [2.75, 3.05) is 6.61 Å². The van der Waals surface area contributed by atoms with Gasteiger partial charge in [-0.15, -0.1) is 0 Å². The van der Waals surface area contributed by atoms with Crippen molar-refractivity contribution >= 4 is 27.7 Å². The minimum absolute atomic E-state index is 0.165. The van der Waals surface area contributed by atoms with Crippen LogP contribution in [0.5, 0.6) is 0 Å². The molecule has 3 atom stereocenters. The van der Waals surface area contributed by atoms with Crippen LogP contribution in [-0.2, 0) is 4.43 Å². The molecule has 1 unspecified atom stereocenters. The molecule has 1 aliphatic carbocycles. The molecule has 26 heavy (non-hydrogen) atoms. The maximum atomic E-state index is 11.6. The van der Waals surface area contributed by atoms with E-state index < -0.39 is 13.9 Å². The van der Waals surface area contributed by atoms with Crippen molar-refractivity contribution in [2.24, 2.45) is 5.92 Å². The molecule has 1 saturated carbocycles. The van der Waals surface area contributed by atoms with Crippen molar-refractivity contribution in [3.05, 3.63) is 42.5 Å². The summed E-state index contributed by atoms with van der Waals surface area (Å²) in [5.74, 6) is 0.527. The number of allylic oxidation sites excluding steroid dienone is 1. The van der Waals surface area contributed by atoms with E-state index in [2.05, 4.69) is 77.7 Å². The molecule has 2 nitrogen and oxygen atoms in total. The van der Waals surface area contributed by atoms with Crippen LogP contribution in [0.25, 0.3) is 0 Å². The van der Waals surface area contributed by atoms with Crippen LogP contribution in [0.4, 0.5) is 0 Å². The fraction of sp³-hybridized carbons (Fsp3) is 0.636. The van der Waals surface area contributed by atoms with E-state index in [0.717, 1.165) is 19.3 Å². The van der Waals surface area contributed by atoms with Gasteiger partial charge in [0.25, 0.3) is 0 Å². The molecule has 0 bridgehead atoms. The van der Waals surface area contributed by atoms with Gasteiger partial charge < -0.3 is 0 Å². The van der Waals surface area contributed by atoms with E-state index in [-0.39, 0.29) is 24.8 Å². The molecule has 146 valence electrons. The summed E-state index contributed by atoms with van der Waals surface area (Å²) in [6.45, 7) is 18.1. The molecular formula is C22H36O2SeSi. The molecule has 0 aliphatic heterocycles. The van der Waals surface area contributed by atoms with Gasteiger partial charge in [0.1, 0.15) is 0 Å². The van der Waals surface area contributed by atoms with Gasteiger partial charge >= 0.3 is 168 Å². The summed E-state index contributed by atoms with van der Waals surface area (Å²) in [7, 11) is -1.87. The third-order valence-corrected chi connectivity index (χ3v) is 13.8. The molecule has 0 radical (unpaired) electrons. The van der Waals surface area contributed by atoms with Crippen LogP contribution in [0.3, 0.4) is 0 Å². The first-order valence-electron chi connectivity index (χ1n) is 9.68. The Hall–Kier alpha value is -0.384. The van der Waals surface area contributed by atoms with E-state index in [9.17, 15) is 5.11 Å². The quantitative estimate of drug-likeness (QED) is 0.503. The zero-order chi connectivity index (χ0) is 19.6. The fourth-order valence-electron chi connectivity index (χ4n) is 3.14. The zero-order valence-corrected chi connectivity index (χ0v) is 20.1. The molecule has 0 spiro atoms. The average Bonchev–Trinajstić information content (AvgIpc) is 2.55. The normalized spacial score (nSPS) is 27.3. The molecule has 1 fully saturated rings. The standard InChI is InChI=1S/C22H36O2SeSi/c1-17(2)18-13-14-22(23,16-24-26(6,7)21(3,4)5)20(15-18)25-19-11-9-8-10-12-19/h8-12,18,20,23H,1,13-16H2,2-7H3/t18?,20-,22+/m1/s1. The second-order valence-electron chi connectivity index (χ2n) is 9.39. The molecule has 2 rings (SSSR count). The van der Waals surface area contributed by atoms with E-state index in [1.54, 1.807) is 0 Å². The van der Waals surface area contributed by atoms with Crippen molar-refractivity contribution in [3.8, 4) is 0 Å². The Morgan fingerprint density at radius 1 is 1.31 bits per heavy atom. The number of hydrogen-bond acceptors (Lipinski definition) is 2. The Morgan fingerprint density at radius 3 is 2.46 bits per heavy atom. The Bertz CT molecular complexity index is 608. The average molecular weight is 440 g/mol. The molecule has 1 aromatic rings. The third-order valence-electron chi connectivity index (χ3n) is 6.23. The summed E-state index contributed by atoms with van der Waals surface area (Å²) in [5.41, 5.74) is 0.545. The Morgan fingerprint density at radius 2 is 1.92 bits per heavy atom. The second-order valence-corrected chi connectivity index (χ2v) is 16.9. The summed E-state index contributed by atoms with van der Waals surface area (Å²) in [4.78, 5) is 0.276. The van der Waals surface area contributed by atoms with Crippen LogP contribution in [0.1, 0.15) is 47.0 Å². The molecule has 0 heterocycles. The Labute approximate surface area is 167 Å². The van der Waals surface area contributed by atoms with Gasteiger partial charge in [0.05, 0.1) is 0 Å². The van der Waals surface area contributed by atoms with Gasteiger partial charge in [-0.1, -0.05) is 0 Å². The summed E-state index contributed by atoms with van der Waals surface area (Å²) in [6, 6.07) is 10.6. The van der Waals surface area contributed by atoms with Crippen molar-refractivity contribution in [1.82, 2.24) is 0 Å². The molecule has 0 saturated heterocycles. The fourth-order valence-corrected chi connectivity index (χ4v) is 7.07. The zero-order valence-electron chi connectivity index (χ0n) is 17.3. The Kier molecular flexibility index (Phi) is 7.01. The first-order valence-corrected chi connectivity index (χ1v) is 14.4. The predicted molar refractivity (Wildman–Crippen MR) is 116 cm³/mol. The van der Waals surface area contributed by atoms with E-state index in [1.807, 2.05) is 0 Å². The number of aliphatic hydroxyl groups is 1. The summed E-state index contributed by atoms with van der Waals surface area (Å²) < 4.78 is 7.84. The molecule has 0 amide bonds. The van der Waals surface area contributed by atoms with Gasteiger partial charge in [0.15, 0.2) is 0 Å². The van der Waals surface area contributed by atoms with Crippen molar-refractivity contribution in [2.45, 2.75) is 75.5 Å². The van der Waals surface area contributed by atoms with E-state index in [1.165, 1.54) is 10.0 Å². The molecule has 1 N–H and O–H groups in total. The Balaban J connectivity index is 2.17. The first-order chi connectivity index (χ1) is 11.9. The first kappa shape index (κ1) is 21.9. The minimum atomic E-state index is -1.87. The van der Waals surface area contributed by atoms with Gasteiger partial charge in [0.2, 0.25) is 0 Å². The van der Waals surface area contributed by atoms with E-state index in [0.29, 0.717) is 12.5 Å². The molecule has 1 aromatic carbocycles. The van der Waals surface area contributed by atoms with E-state index in [4.69, 9.17) is 4.43 Å². The van der Waals surface area contributed by atoms with Gasteiger partial charge in [-0.25, -0.2) is 0 Å². The SMILES string of the molecule is C=C(C)C1CC[C@](O)(CO[Si](C)(C)C(C)(C)C)[C@H]([Se]c2ccccc2)C1. The van der Waals surface area contributed by atoms with Crippen LogP contribution in [0.15, 0.2) is 42.5 Å². The predicted octanol–water partition coefficient (Wildman–Crippen LogP) is 4.93. The van der Waals surface area contributed by atoms with Crippen LogP contribution in [-0.4, -0.2) is 40.6 Å². The number of rotatable bonds is 6. The maximum absolute atomic E-state index is 11.6. The van der Waals surface area contributed by atoms with Crippen molar-refractivity contribution in [3.63, 3.8) is 0 Å². The van der Waals surface area contributed by atoms with Crippen LogP contribution >= 0.6 is 0 Å².